The number of nitrogens with one attached hydrogen (secondary N) is 1. The first-order valence-electron chi connectivity index (χ1n) is 10.8. The van der Waals surface area contributed by atoms with Crippen molar-refractivity contribution >= 4 is 45.0 Å². The molecule has 10 heteroatoms. The molecule has 1 unspecified atom stereocenters. The van der Waals surface area contributed by atoms with E-state index in [1.807, 2.05) is 6.92 Å². The van der Waals surface area contributed by atoms with E-state index in [0.29, 0.717) is 36.0 Å². The third-order valence-electron chi connectivity index (χ3n) is 5.78. The minimum absolute atomic E-state index is 0.140. The highest BCUT2D eigenvalue weighted by molar-refractivity contribution is 7.99. The number of rotatable bonds is 6. The SMILES string of the molecule is COc1ccccc1NC(=O)CN1C(=O)C(C)CSc2ccc(S(=O)(=O)N3CCCC3)cc21. The predicted octanol–water partition coefficient (Wildman–Crippen LogP) is 3.19. The van der Waals surface area contributed by atoms with E-state index >= 15 is 0 Å². The maximum atomic E-state index is 13.2. The second-order valence-corrected chi connectivity index (χ2v) is 11.1. The summed E-state index contributed by atoms with van der Waals surface area (Å²) in [5.74, 6) is 0.128. The number of ether oxygens (including phenoxy) is 1. The third-order valence-corrected chi connectivity index (χ3v) is 9.00. The van der Waals surface area contributed by atoms with Crippen molar-refractivity contribution in [3.8, 4) is 5.75 Å². The normalized spacial score (nSPS) is 19.2. The highest BCUT2D eigenvalue weighted by Crippen LogP contribution is 2.38. The molecular weight excluding hydrogens is 462 g/mol. The van der Waals surface area contributed by atoms with Crippen LogP contribution >= 0.6 is 11.8 Å². The van der Waals surface area contributed by atoms with Crippen LogP contribution in [0.25, 0.3) is 0 Å². The van der Waals surface area contributed by atoms with Gasteiger partial charge in [0.2, 0.25) is 21.8 Å². The molecule has 2 aliphatic heterocycles. The Balaban J connectivity index is 1.66. The van der Waals surface area contributed by atoms with Crippen LogP contribution in [-0.2, 0) is 19.6 Å². The standard InChI is InChI=1S/C23H27N3O5S2/c1-16-15-32-21-10-9-17(33(29,30)25-11-5-6-12-25)13-19(21)26(23(16)28)14-22(27)24-18-7-3-4-8-20(18)31-2/h3-4,7-10,13,16H,5-6,11-12,14-15H2,1-2H3,(H,24,27). The Hall–Kier alpha value is -2.56. The highest BCUT2D eigenvalue weighted by Gasteiger charge is 2.33. The van der Waals surface area contributed by atoms with Gasteiger partial charge in [-0.3, -0.25) is 9.59 Å². The van der Waals surface area contributed by atoms with Crippen LogP contribution in [0.1, 0.15) is 19.8 Å². The van der Waals surface area contributed by atoms with Crippen molar-refractivity contribution < 1.29 is 22.7 Å². The van der Waals surface area contributed by atoms with E-state index < -0.39 is 15.9 Å². The van der Waals surface area contributed by atoms with Crippen LogP contribution in [0.3, 0.4) is 0 Å². The number of fused-ring (bicyclic) bond motifs is 1. The van der Waals surface area contributed by atoms with Crippen molar-refractivity contribution in [2.75, 3.05) is 42.7 Å². The quantitative estimate of drug-likeness (QED) is 0.670. The van der Waals surface area contributed by atoms with Gasteiger partial charge in [-0.25, -0.2) is 8.42 Å². The molecule has 0 aliphatic carbocycles. The number of thioether (sulfide) groups is 1. The van der Waals surface area contributed by atoms with E-state index in [9.17, 15) is 18.0 Å². The fraction of sp³-hybridized carbons (Fsp3) is 0.391. The van der Waals surface area contributed by atoms with Gasteiger partial charge in [0.15, 0.2) is 0 Å². The van der Waals surface area contributed by atoms with Crippen LogP contribution in [0.4, 0.5) is 11.4 Å². The number of amides is 2. The predicted molar refractivity (Wildman–Crippen MR) is 128 cm³/mol. The average molecular weight is 490 g/mol. The molecule has 1 N–H and O–H groups in total. The largest absolute Gasteiger partial charge is 0.495 e. The Morgan fingerprint density at radius 2 is 1.91 bits per heavy atom. The second-order valence-electron chi connectivity index (χ2n) is 8.13. The van der Waals surface area contributed by atoms with E-state index in [0.717, 1.165) is 17.7 Å². The molecular formula is C23H27N3O5S2. The molecule has 2 aromatic carbocycles. The van der Waals surface area contributed by atoms with Gasteiger partial charge in [0.25, 0.3) is 0 Å². The zero-order valence-electron chi connectivity index (χ0n) is 18.6. The molecule has 0 radical (unpaired) electrons. The summed E-state index contributed by atoms with van der Waals surface area (Å²) >= 11 is 1.49. The monoisotopic (exact) mass is 489 g/mol. The molecule has 0 aromatic heterocycles. The van der Waals surface area contributed by atoms with Gasteiger partial charge in [-0.1, -0.05) is 19.1 Å². The Bertz CT molecular complexity index is 1160. The van der Waals surface area contributed by atoms with Crippen molar-refractivity contribution in [3.05, 3.63) is 42.5 Å². The second kappa shape index (κ2) is 9.74. The van der Waals surface area contributed by atoms with Crippen molar-refractivity contribution in [1.82, 2.24) is 4.31 Å². The number of anilines is 2. The molecule has 0 bridgehead atoms. The average Bonchev–Trinajstić information content (AvgIpc) is 3.33. The number of hydrogen-bond acceptors (Lipinski definition) is 6. The van der Waals surface area contributed by atoms with Crippen molar-refractivity contribution in [2.45, 2.75) is 29.6 Å². The Labute approximate surface area is 198 Å². The maximum absolute atomic E-state index is 13.2. The van der Waals surface area contributed by atoms with Crippen LogP contribution < -0.4 is 15.0 Å². The molecule has 1 atom stereocenters. The molecule has 1 saturated heterocycles. The van der Waals surface area contributed by atoms with Crippen molar-refractivity contribution in [1.29, 1.82) is 0 Å². The van der Waals surface area contributed by atoms with E-state index in [1.54, 1.807) is 36.4 Å². The molecule has 2 amide bonds. The summed E-state index contributed by atoms with van der Waals surface area (Å²) in [6.07, 6.45) is 1.68. The molecule has 2 aliphatic rings. The number of sulfonamides is 1. The van der Waals surface area contributed by atoms with Gasteiger partial charge in [0.1, 0.15) is 12.3 Å². The van der Waals surface area contributed by atoms with E-state index in [2.05, 4.69) is 5.32 Å². The van der Waals surface area contributed by atoms with Crippen molar-refractivity contribution in [3.63, 3.8) is 0 Å². The lowest BCUT2D eigenvalue weighted by Crippen LogP contribution is -2.41. The van der Waals surface area contributed by atoms with Gasteiger partial charge in [0, 0.05) is 29.7 Å². The van der Waals surface area contributed by atoms with E-state index in [-0.39, 0.29) is 23.3 Å². The lowest BCUT2D eigenvalue weighted by Gasteiger charge is -2.25. The lowest BCUT2D eigenvalue weighted by molar-refractivity contribution is -0.123. The van der Waals surface area contributed by atoms with Gasteiger partial charge in [-0.15, -0.1) is 11.8 Å². The van der Waals surface area contributed by atoms with Crippen LogP contribution in [-0.4, -0.2) is 57.0 Å². The molecule has 2 aromatic rings. The van der Waals surface area contributed by atoms with E-state index in [1.165, 1.54) is 34.1 Å². The molecule has 33 heavy (non-hydrogen) atoms. The van der Waals surface area contributed by atoms with Gasteiger partial charge in [0.05, 0.1) is 23.4 Å². The molecule has 0 spiro atoms. The summed E-state index contributed by atoms with van der Waals surface area (Å²) in [7, 11) is -2.14. The fourth-order valence-electron chi connectivity index (χ4n) is 3.98. The number of methoxy groups -OCH3 is 1. The first kappa shape index (κ1) is 23.6. The minimum atomic E-state index is -3.66. The highest BCUT2D eigenvalue weighted by atomic mass is 32.2. The third kappa shape index (κ3) is 4.87. The molecule has 0 saturated carbocycles. The van der Waals surface area contributed by atoms with Gasteiger partial charge in [-0.2, -0.15) is 4.31 Å². The number of hydrogen-bond donors (Lipinski definition) is 1. The summed E-state index contributed by atoms with van der Waals surface area (Å²) < 4.78 is 33.0. The summed E-state index contributed by atoms with van der Waals surface area (Å²) in [6, 6.07) is 11.9. The smallest absolute Gasteiger partial charge is 0.244 e. The summed E-state index contributed by atoms with van der Waals surface area (Å²) in [4.78, 5) is 28.4. The summed E-state index contributed by atoms with van der Waals surface area (Å²) in [5.41, 5.74) is 0.949. The number of para-hydroxylation sites is 2. The Kier molecular flexibility index (Phi) is 6.96. The molecule has 1 fully saturated rings. The molecule has 176 valence electrons. The first-order chi connectivity index (χ1) is 15.8. The van der Waals surface area contributed by atoms with Gasteiger partial charge >= 0.3 is 0 Å². The van der Waals surface area contributed by atoms with E-state index in [4.69, 9.17) is 4.74 Å². The lowest BCUT2D eigenvalue weighted by atomic mass is 10.1. The molecule has 8 nitrogen and oxygen atoms in total. The summed E-state index contributed by atoms with van der Waals surface area (Å²) in [6.45, 7) is 2.57. The number of nitrogens with zero attached hydrogens (tertiary/aromatic N) is 2. The number of carbonyl (C=O) groups is 2. The first-order valence-corrected chi connectivity index (χ1v) is 13.2. The van der Waals surface area contributed by atoms with Crippen molar-refractivity contribution in [2.24, 2.45) is 5.92 Å². The van der Waals surface area contributed by atoms with Gasteiger partial charge < -0.3 is 15.0 Å². The van der Waals surface area contributed by atoms with Crippen LogP contribution in [0.2, 0.25) is 0 Å². The number of benzene rings is 2. The molecule has 2 heterocycles. The Morgan fingerprint density at radius 1 is 1.18 bits per heavy atom. The summed E-state index contributed by atoms with van der Waals surface area (Å²) in [5, 5.41) is 2.79. The fourth-order valence-corrected chi connectivity index (χ4v) is 6.57. The zero-order chi connectivity index (χ0) is 23.6. The minimum Gasteiger partial charge on any atom is -0.495 e. The van der Waals surface area contributed by atoms with Gasteiger partial charge in [-0.05, 0) is 43.2 Å². The van der Waals surface area contributed by atoms with Crippen LogP contribution in [0.15, 0.2) is 52.3 Å². The van der Waals surface area contributed by atoms with Crippen LogP contribution in [0.5, 0.6) is 5.75 Å². The zero-order valence-corrected chi connectivity index (χ0v) is 20.2. The topological polar surface area (TPSA) is 96.0 Å². The Morgan fingerprint density at radius 3 is 2.64 bits per heavy atom. The molecule has 4 rings (SSSR count). The number of carbonyl (C=O) groups excluding carboxylic acids is 2. The van der Waals surface area contributed by atoms with Crippen LogP contribution in [0, 0.1) is 5.92 Å². The maximum Gasteiger partial charge on any atom is 0.244 e.